The lowest BCUT2D eigenvalue weighted by Gasteiger charge is -2.06. The van der Waals surface area contributed by atoms with Crippen LogP contribution in [0, 0.1) is 0 Å². The summed E-state index contributed by atoms with van der Waals surface area (Å²) in [5.74, 6) is 0.541. The predicted molar refractivity (Wildman–Crippen MR) is 72.2 cm³/mol. The minimum atomic E-state index is 0.541. The smallest absolute Gasteiger partial charge is 0.0929 e. The Hall–Kier alpha value is -0.410. The molecular formula is C13H24N2S. The highest BCUT2D eigenvalue weighted by Crippen LogP contribution is 2.25. The van der Waals surface area contributed by atoms with E-state index in [1.54, 1.807) is 0 Å². The van der Waals surface area contributed by atoms with E-state index in [1.165, 1.54) is 28.4 Å². The second-order valence-electron chi connectivity index (χ2n) is 4.45. The van der Waals surface area contributed by atoms with Gasteiger partial charge in [0.2, 0.25) is 0 Å². The highest BCUT2D eigenvalue weighted by Gasteiger charge is 2.12. The Kier molecular flexibility index (Phi) is 5.99. The Morgan fingerprint density at radius 2 is 2.06 bits per heavy atom. The maximum Gasteiger partial charge on any atom is 0.0929 e. The molecule has 1 N–H and O–H groups in total. The zero-order chi connectivity index (χ0) is 12.0. The molecule has 3 heteroatoms. The minimum Gasteiger partial charge on any atom is -0.312 e. The van der Waals surface area contributed by atoms with Crippen molar-refractivity contribution in [2.45, 2.75) is 59.4 Å². The van der Waals surface area contributed by atoms with Crippen molar-refractivity contribution in [2.24, 2.45) is 0 Å². The SMILES string of the molecule is CCCCNCc1sc(CC)nc1C(C)C. The number of rotatable bonds is 7. The third kappa shape index (κ3) is 3.87. The lowest BCUT2D eigenvalue weighted by Crippen LogP contribution is -2.14. The van der Waals surface area contributed by atoms with Crippen LogP contribution >= 0.6 is 11.3 Å². The van der Waals surface area contributed by atoms with Crippen LogP contribution in [0.2, 0.25) is 0 Å². The summed E-state index contributed by atoms with van der Waals surface area (Å²) in [7, 11) is 0. The van der Waals surface area contributed by atoms with Gasteiger partial charge in [-0.15, -0.1) is 11.3 Å². The van der Waals surface area contributed by atoms with E-state index in [9.17, 15) is 0 Å². The number of aryl methyl sites for hydroxylation is 1. The van der Waals surface area contributed by atoms with Gasteiger partial charge in [-0.1, -0.05) is 34.1 Å². The fourth-order valence-corrected chi connectivity index (χ4v) is 2.78. The lowest BCUT2D eigenvalue weighted by atomic mass is 10.1. The first kappa shape index (κ1) is 13.7. The lowest BCUT2D eigenvalue weighted by molar-refractivity contribution is 0.639. The Bertz CT molecular complexity index is 305. The van der Waals surface area contributed by atoms with Crippen molar-refractivity contribution in [3.8, 4) is 0 Å². The molecule has 2 nitrogen and oxygen atoms in total. The maximum absolute atomic E-state index is 4.71. The molecule has 1 aromatic heterocycles. The fraction of sp³-hybridized carbons (Fsp3) is 0.769. The van der Waals surface area contributed by atoms with E-state index in [4.69, 9.17) is 4.98 Å². The van der Waals surface area contributed by atoms with Gasteiger partial charge >= 0.3 is 0 Å². The van der Waals surface area contributed by atoms with Crippen LogP contribution in [-0.4, -0.2) is 11.5 Å². The summed E-state index contributed by atoms with van der Waals surface area (Å²) in [6.45, 7) is 11.0. The topological polar surface area (TPSA) is 24.9 Å². The van der Waals surface area contributed by atoms with Crippen LogP contribution in [0.4, 0.5) is 0 Å². The number of nitrogens with one attached hydrogen (secondary N) is 1. The molecule has 0 saturated carbocycles. The highest BCUT2D eigenvalue weighted by molar-refractivity contribution is 7.11. The molecule has 0 amide bonds. The molecule has 0 aromatic carbocycles. The maximum atomic E-state index is 4.71. The van der Waals surface area contributed by atoms with Crippen LogP contribution in [0.15, 0.2) is 0 Å². The monoisotopic (exact) mass is 240 g/mol. The van der Waals surface area contributed by atoms with Crippen LogP contribution in [-0.2, 0) is 13.0 Å². The van der Waals surface area contributed by atoms with Gasteiger partial charge in [-0.25, -0.2) is 4.98 Å². The van der Waals surface area contributed by atoms with Crippen molar-refractivity contribution in [2.75, 3.05) is 6.54 Å². The van der Waals surface area contributed by atoms with Crippen LogP contribution in [0.5, 0.6) is 0 Å². The van der Waals surface area contributed by atoms with Gasteiger partial charge in [0, 0.05) is 11.4 Å². The van der Waals surface area contributed by atoms with Crippen molar-refractivity contribution < 1.29 is 0 Å². The van der Waals surface area contributed by atoms with Crippen LogP contribution in [0.3, 0.4) is 0 Å². The molecule has 0 unspecified atom stereocenters. The van der Waals surface area contributed by atoms with Gasteiger partial charge < -0.3 is 5.32 Å². The van der Waals surface area contributed by atoms with E-state index in [2.05, 4.69) is 33.0 Å². The largest absolute Gasteiger partial charge is 0.312 e. The van der Waals surface area contributed by atoms with Gasteiger partial charge in [0.15, 0.2) is 0 Å². The van der Waals surface area contributed by atoms with Gasteiger partial charge in [-0.2, -0.15) is 0 Å². The molecule has 0 aliphatic rings. The summed E-state index contributed by atoms with van der Waals surface area (Å²) >= 11 is 1.87. The molecule has 1 heterocycles. The second kappa shape index (κ2) is 7.02. The van der Waals surface area contributed by atoms with E-state index < -0.39 is 0 Å². The molecule has 0 aliphatic heterocycles. The van der Waals surface area contributed by atoms with Gasteiger partial charge in [-0.05, 0) is 25.3 Å². The fourth-order valence-electron chi connectivity index (χ4n) is 1.65. The molecule has 92 valence electrons. The molecule has 16 heavy (non-hydrogen) atoms. The van der Waals surface area contributed by atoms with E-state index in [0.29, 0.717) is 5.92 Å². The molecular weight excluding hydrogens is 216 g/mol. The number of hydrogen-bond acceptors (Lipinski definition) is 3. The van der Waals surface area contributed by atoms with E-state index in [0.717, 1.165) is 19.5 Å². The average molecular weight is 240 g/mol. The number of unbranched alkanes of at least 4 members (excludes halogenated alkanes) is 1. The van der Waals surface area contributed by atoms with Gasteiger partial charge in [0.05, 0.1) is 10.7 Å². The Balaban J connectivity index is 2.58. The molecule has 0 fully saturated rings. The zero-order valence-corrected chi connectivity index (χ0v) is 11.8. The zero-order valence-electron chi connectivity index (χ0n) is 11.0. The van der Waals surface area contributed by atoms with Gasteiger partial charge in [-0.3, -0.25) is 0 Å². The summed E-state index contributed by atoms with van der Waals surface area (Å²) in [6.07, 6.45) is 3.57. The first-order valence-electron chi connectivity index (χ1n) is 6.38. The summed E-state index contributed by atoms with van der Waals surface area (Å²) in [6, 6.07) is 0. The van der Waals surface area contributed by atoms with Crippen LogP contribution in [0.1, 0.15) is 62.0 Å². The number of hydrogen-bond donors (Lipinski definition) is 1. The third-order valence-electron chi connectivity index (χ3n) is 2.61. The molecule has 0 bridgehead atoms. The first-order valence-corrected chi connectivity index (χ1v) is 7.19. The van der Waals surface area contributed by atoms with Crippen molar-refractivity contribution >= 4 is 11.3 Å². The first-order chi connectivity index (χ1) is 7.69. The standard InChI is InChI=1S/C13H24N2S/c1-5-7-8-14-9-11-13(10(3)4)15-12(6-2)16-11/h10,14H,5-9H2,1-4H3. The molecule has 0 aliphatic carbocycles. The van der Waals surface area contributed by atoms with Crippen molar-refractivity contribution in [3.05, 3.63) is 15.6 Å². The van der Waals surface area contributed by atoms with Crippen LogP contribution in [0.25, 0.3) is 0 Å². The Morgan fingerprint density at radius 3 is 2.62 bits per heavy atom. The molecule has 1 rings (SSSR count). The molecule has 0 spiro atoms. The molecule has 0 atom stereocenters. The summed E-state index contributed by atoms with van der Waals surface area (Å²) in [5.41, 5.74) is 1.30. The average Bonchev–Trinajstić information content (AvgIpc) is 2.68. The minimum absolute atomic E-state index is 0.541. The second-order valence-corrected chi connectivity index (χ2v) is 5.62. The Morgan fingerprint density at radius 1 is 1.31 bits per heavy atom. The van der Waals surface area contributed by atoms with E-state index in [1.807, 2.05) is 11.3 Å². The Labute approximate surface area is 103 Å². The number of aromatic nitrogens is 1. The summed E-state index contributed by atoms with van der Waals surface area (Å²) in [4.78, 5) is 6.14. The normalized spacial score (nSPS) is 11.3. The molecule has 0 radical (unpaired) electrons. The van der Waals surface area contributed by atoms with Gasteiger partial charge in [0.25, 0.3) is 0 Å². The molecule has 1 aromatic rings. The summed E-state index contributed by atoms with van der Waals surface area (Å²) in [5, 5.41) is 4.78. The predicted octanol–water partition coefficient (Wildman–Crippen LogP) is 3.72. The summed E-state index contributed by atoms with van der Waals surface area (Å²) < 4.78 is 0. The van der Waals surface area contributed by atoms with E-state index in [-0.39, 0.29) is 0 Å². The van der Waals surface area contributed by atoms with Crippen molar-refractivity contribution in [3.63, 3.8) is 0 Å². The van der Waals surface area contributed by atoms with E-state index >= 15 is 0 Å². The van der Waals surface area contributed by atoms with Crippen LogP contribution < -0.4 is 5.32 Å². The van der Waals surface area contributed by atoms with Crippen molar-refractivity contribution in [1.82, 2.24) is 10.3 Å². The third-order valence-corrected chi connectivity index (χ3v) is 3.83. The highest BCUT2D eigenvalue weighted by atomic mass is 32.1. The molecule has 0 saturated heterocycles. The van der Waals surface area contributed by atoms with Gasteiger partial charge in [0.1, 0.15) is 0 Å². The number of nitrogens with zero attached hydrogens (tertiary/aromatic N) is 1. The quantitative estimate of drug-likeness (QED) is 0.735. The number of thiazole rings is 1. The van der Waals surface area contributed by atoms with Crippen molar-refractivity contribution in [1.29, 1.82) is 0 Å².